The Morgan fingerprint density at radius 3 is 2.72 bits per heavy atom. The molecule has 0 saturated heterocycles. The molecular formula is C14H28N2O2. The van der Waals surface area contributed by atoms with Gasteiger partial charge < -0.3 is 16.2 Å². The Kier molecular flexibility index (Phi) is 6.65. The van der Waals surface area contributed by atoms with Crippen LogP contribution in [0.4, 0.5) is 0 Å². The highest BCUT2D eigenvalue weighted by Crippen LogP contribution is 2.19. The quantitative estimate of drug-likeness (QED) is 0.675. The van der Waals surface area contributed by atoms with E-state index in [0.29, 0.717) is 6.42 Å². The van der Waals surface area contributed by atoms with Gasteiger partial charge in [-0.25, -0.2) is 0 Å². The molecule has 1 amide bonds. The predicted octanol–water partition coefficient (Wildman–Crippen LogP) is 1.56. The van der Waals surface area contributed by atoms with Crippen molar-refractivity contribution in [3.8, 4) is 0 Å². The molecule has 4 nitrogen and oxygen atoms in total. The fraction of sp³-hybridized carbons (Fsp3) is 0.929. The van der Waals surface area contributed by atoms with Crippen LogP contribution >= 0.6 is 0 Å². The molecule has 0 aromatic heterocycles. The van der Waals surface area contributed by atoms with Gasteiger partial charge in [0.05, 0.1) is 6.10 Å². The lowest BCUT2D eigenvalue weighted by Crippen LogP contribution is -2.42. The summed E-state index contributed by atoms with van der Waals surface area (Å²) in [5, 5.41) is 12.6. The Hall–Kier alpha value is -0.610. The van der Waals surface area contributed by atoms with E-state index in [9.17, 15) is 9.90 Å². The van der Waals surface area contributed by atoms with Gasteiger partial charge in [0, 0.05) is 18.0 Å². The highest BCUT2D eigenvalue weighted by Gasteiger charge is 2.23. The van der Waals surface area contributed by atoms with Gasteiger partial charge in [0.1, 0.15) is 0 Å². The van der Waals surface area contributed by atoms with E-state index in [1.165, 1.54) is 0 Å². The van der Waals surface area contributed by atoms with Gasteiger partial charge in [0.25, 0.3) is 0 Å². The number of rotatable bonds is 6. The number of hydrogen-bond acceptors (Lipinski definition) is 3. The van der Waals surface area contributed by atoms with Crippen molar-refractivity contribution >= 4 is 5.91 Å². The first kappa shape index (κ1) is 15.4. The molecule has 0 aromatic carbocycles. The molecule has 1 fully saturated rings. The molecule has 1 aliphatic carbocycles. The fourth-order valence-corrected chi connectivity index (χ4v) is 2.52. The average Bonchev–Trinajstić information content (AvgIpc) is 2.28. The van der Waals surface area contributed by atoms with Gasteiger partial charge in [-0.05, 0) is 45.4 Å². The minimum absolute atomic E-state index is 0.0443. The molecule has 1 saturated carbocycles. The van der Waals surface area contributed by atoms with E-state index in [0.717, 1.165) is 38.5 Å². The third kappa shape index (κ3) is 5.83. The first-order chi connectivity index (χ1) is 8.49. The zero-order chi connectivity index (χ0) is 13.5. The number of nitrogens with two attached hydrogens (primary N) is 1. The molecule has 4 N–H and O–H groups in total. The lowest BCUT2D eigenvalue weighted by atomic mass is 9.92. The molecule has 0 radical (unpaired) electrons. The molecule has 4 unspecified atom stereocenters. The normalized spacial score (nSPS) is 27.6. The largest absolute Gasteiger partial charge is 0.393 e. The lowest BCUT2D eigenvalue weighted by Gasteiger charge is -2.27. The van der Waals surface area contributed by atoms with E-state index in [1.807, 2.05) is 13.8 Å². The summed E-state index contributed by atoms with van der Waals surface area (Å²) in [6.07, 6.45) is 6.20. The molecule has 0 spiro atoms. The van der Waals surface area contributed by atoms with Crippen LogP contribution in [0.25, 0.3) is 0 Å². The monoisotopic (exact) mass is 256 g/mol. The molecule has 0 heterocycles. The second kappa shape index (κ2) is 7.74. The Labute approximate surface area is 110 Å². The molecular weight excluding hydrogens is 228 g/mol. The summed E-state index contributed by atoms with van der Waals surface area (Å²) in [7, 11) is 0. The Morgan fingerprint density at radius 1 is 1.39 bits per heavy atom. The number of aliphatic hydroxyl groups is 1. The first-order valence-electron chi connectivity index (χ1n) is 7.23. The van der Waals surface area contributed by atoms with Crippen molar-refractivity contribution in [2.75, 3.05) is 0 Å². The molecule has 0 aromatic rings. The minimum Gasteiger partial charge on any atom is -0.393 e. The molecule has 0 bridgehead atoms. The number of aliphatic hydroxyl groups excluding tert-OH is 1. The molecule has 0 aliphatic heterocycles. The Morgan fingerprint density at radius 2 is 2.11 bits per heavy atom. The van der Waals surface area contributed by atoms with Crippen molar-refractivity contribution in [3.63, 3.8) is 0 Å². The van der Waals surface area contributed by atoms with E-state index >= 15 is 0 Å². The van der Waals surface area contributed by atoms with Crippen molar-refractivity contribution in [3.05, 3.63) is 0 Å². The molecule has 1 rings (SSSR count). The molecule has 4 atom stereocenters. The van der Waals surface area contributed by atoms with Gasteiger partial charge in [0.2, 0.25) is 5.91 Å². The zero-order valence-corrected chi connectivity index (χ0v) is 11.7. The standard InChI is InChI=1S/C14H28N2O2/c1-10(5-3-6-11(2)15)14(18)16-12-7-4-8-13(17)9-12/h10-13,17H,3-9,15H2,1-2H3,(H,16,18). The number of hydrogen-bond donors (Lipinski definition) is 3. The van der Waals surface area contributed by atoms with Crippen LogP contribution in [-0.4, -0.2) is 29.2 Å². The smallest absolute Gasteiger partial charge is 0.223 e. The van der Waals surface area contributed by atoms with Gasteiger partial charge in [-0.2, -0.15) is 0 Å². The third-order valence-electron chi connectivity index (χ3n) is 3.74. The van der Waals surface area contributed by atoms with Crippen molar-refractivity contribution in [1.82, 2.24) is 5.32 Å². The average molecular weight is 256 g/mol. The SMILES string of the molecule is CC(N)CCCC(C)C(=O)NC1CCCC(O)C1. The van der Waals surface area contributed by atoms with E-state index in [-0.39, 0.29) is 30.0 Å². The van der Waals surface area contributed by atoms with Gasteiger partial charge in [-0.15, -0.1) is 0 Å². The Bertz CT molecular complexity index is 256. The van der Waals surface area contributed by atoms with Crippen LogP contribution < -0.4 is 11.1 Å². The highest BCUT2D eigenvalue weighted by molar-refractivity contribution is 5.78. The van der Waals surface area contributed by atoms with Crippen molar-refractivity contribution in [2.45, 2.75) is 77.0 Å². The Balaban J connectivity index is 2.22. The number of carbonyl (C=O) groups is 1. The van der Waals surface area contributed by atoms with Crippen LogP contribution in [0.3, 0.4) is 0 Å². The van der Waals surface area contributed by atoms with Gasteiger partial charge in [-0.3, -0.25) is 4.79 Å². The number of nitrogens with one attached hydrogen (secondary N) is 1. The van der Waals surface area contributed by atoms with E-state index in [1.54, 1.807) is 0 Å². The summed E-state index contributed by atoms with van der Waals surface area (Å²) in [5.74, 6) is 0.168. The predicted molar refractivity (Wildman–Crippen MR) is 73.1 cm³/mol. The fourth-order valence-electron chi connectivity index (χ4n) is 2.52. The topological polar surface area (TPSA) is 75.4 Å². The lowest BCUT2D eigenvalue weighted by molar-refractivity contribution is -0.125. The number of amides is 1. The van der Waals surface area contributed by atoms with Crippen LogP contribution in [0.5, 0.6) is 0 Å². The van der Waals surface area contributed by atoms with Gasteiger partial charge in [0.15, 0.2) is 0 Å². The molecule has 4 heteroatoms. The maximum Gasteiger partial charge on any atom is 0.223 e. The summed E-state index contributed by atoms with van der Waals surface area (Å²) in [4.78, 5) is 12.0. The maximum atomic E-state index is 12.0. The summed E-state index contributed by atoms with van der Waals surface area (Å²) >= 11 is 0. The maximum absolute atomic E-state index is 12.0. The van der Waals surface area contributed by atoms with Crippen LogP contribution in [0.1, 0.15) is 58.8 Å². The third-order valence-corrected chi connectivity index (χ3v) is 3.74. The van der Waals surface area contributed by atoms with Crippen molar-refractivity contribution in [2.24, 2.45) is 11.7 Å². The summed E-state index contributed by atoms with van der Waals surface area (Å²) in [6.45, 7) is 3.96. The second-order valence-corrected chi connectivity index (χ2v) is 5.84. The summed E-state index contributed by atoms with van der Waals surface area (Å²) in [5.41, 5.74) is 5.69. The van der Waals surface area contributed by atoms with Crippen molar-refractivity contribution in [1.29, 1.82) is 0 Å². The van der Waals surface area contributed by atoms with Crippen LogP contribution in [0.15, 0.2) is 0 Å². The van der Waals surface area contributed by atoms with Crippen LogP contribution in [0, 0.1) is 5.92 Å². The van der Waals surface area contributed by atoms with Crippen LogP contribution in [-0.2, 0) is 4.79 Å². The van der Waals surface area contributed by atoms with E-state index < -0.39 is 0 Å². The zero-order valence-electron chi connectivity index (χ0n) is 11.7. The van der Waals surface area contributed by atoms with E-state index in [2.05, 4.69) is 5.32 Å². The summed E-state index contributed by atoms with van der Waals surface area (Å²) in [6, 6.07) is 0.380. The highest BCUT2D eigenvalue weighted by atomic mass is 16.3. The second-order valence-electron chi connectivity index (χ2n) is 5.84. The molecule has 1 aliphatic rings. The first-order valence-corrected chi connectivity index (χ1v) is 7.23. The van der Waals surface area contributed by atoms with Gasteiger partial charge >= 0.3 is 0 Å². The minimum atomic E-state index is -0.238. The van der Waals surface area contributed by atoms with Crippen molar-refractivity contribution < 1.29 is 9.90 Å². The van der Waals surface area contributed by atoms with E-state index in [4.69, 9.17) is 5.73 Å². The molecule has 18 heavy (non-hydrogen) atoms. The van der Waals surface area contributed by atoms with Crippen LogP contribution in [0.2, 0.25) is 0 Å². The number of carbonyl (C=O) groups excluding carboxylic acids is 1. The summed E-state index contributed by atoms with van der Waals surface area (Å²) < 4.78 is 0. The van der Waals surface area contributed by atoms with Gasteiger partial charge in [-0.1, -0.05) is 13.3 Å². The molecule has 106 valence electrons.